The molecule has 0 aliphatic rings. The van der Waals surface area contributed by atoms with Crippen molar-refractivity contribution in [2.45, 2.75) is 17.1 Å². The lowest BCUT2D eigenvalue weighted by atomic mass is 10.4. The average Bonchev–Trinajstić information content (AvgIpc) is 2.28. The van der Waals surface area contributed by atoms with E-state index in [1.165, 1.54) is 31.2 Å². The Morgan fingerprint density at radius 2 is 1.72 bits per heavy atom. The predicted octanol–water partition coefficient (Wildman–Crippen LogP) is 0.740. The van der Waals surface area contributed by atoms with Crippen LogP contribution < -0.4 is 0 Å². The molecule has 0 amide bonds. The van der Waals surface area contributed by atoms with Crippen molar-refractivity contribution in [2.75, 3.05) is 5.75 Å². The van der Waals surface area contributed by atoms with Crippen molar-refractivity contribution in [3.63, 3.8) is 0 Å². The average molecular weight is 288 g/mol. The first-order valence-electron chi connectivity index (χ1n) is 4.94. The molecular weight excluding hydrogens is 276 g/mol. The zero-order chi connectivity index (χ0) is 13.8. The molecule has 1 N–H and O–H groups in total. The number of hydrogen-bond acceptors (Lipinski definition) is 4. The lowest BCUT2D eigenvalue weighted by Crippen LogP contribution is -2.28. The van der Waals surface area contributed by atoms with Gasteiger partial charge in [-0.05, 0) is 19.1 Å². The number of rotatable bonds is 4. The quantitative estimate of drug-likeness (QED) is 0.652. The molecule has 5 nitrogen and oxygen atoms in total. The minimum atomic E-state index is -4.42. The standard InChI is InChI=1S/C11H12O5S2/c1-2-6-11(9-17(12,13)14)18(15,16)10-7-4-3-5-8-10/h3-5,7-8,11H,9H2,1H3,(H,12,13,14). The Bertz CT molecular complexity index is 663. The van der Waals surface area contributed by atoms with E-state index in [-0.39, 0.29) is 4.90 Å². The molecule has 0 spiro atoms. The van der Waals surface area contributed by atoms with Gasteiger partial charge >= 0.3 is 0 Å². The summed E-state index contributed by atoms with van der Waals surface area (Å²) in [7, 11) is -8.33. The van der Waals surface area contributed by atoms with Gasteiger partial charge in [-0.3, -0.25) is 4.55 Å². The summed E-state index contributed by atoms with van der Waals surface area (Å²) in [5.41, 5.74) is 0. The molecule has 7 heteroatoms. The van der Waals surface area contributed by atoms with Gasteiger partial charge in [0, 0.05) is 0 Å². The fourth-order valence-electron chi connectivity index (χ4n) is 1.34. The molecule has 0 saturated heterocycles. The van der Waals surface area contributed by atoms with Crippen LogP contribution in [0.3, 0.4) is 0 Å². The Morgan fingerprint density at radius 1 is 1.17 bits per heavy atom. The van der Waals surface area contributed by atoms with E-state index >= 15 is 0 Å². The van der Waals surface area contributed by atoms with Crippen molar-refractivity contribution in [1.29, 1.82) is 0 Å². The summed E-state index contributed by atoms with van der Waals surface area (Å²) in [4.78, 5) is -0.0265. The molecule has 0 aliphatic carbocycles. The first kappa shape index (κ1) is 14.7. The van der Waals surface area contributed by atoms with Gasteiger partial charge in [-0.2, -0.15) is 8.42 Å². The largest absolute Gasteiger partial charge is 0.285 e. The Labute approximate surface area is 107 Å². The van der Waals surface area contributed by atoms with Crippen LogP contribution in [0.15, 0.2) is 35.2 Å². The predicted molar refractivity (Wildman–Crippen MR) is 67.3 cm³/mol. The van der Waals surface area contributed by atoms with E-state index in [0.717, 1.165) is 0 Å². The third-order valence-electron chi connectivity index (χ3n) is 2.11. The molecule has 1 atom stereocenters. The topological polar surface area (TPSA) is 88.5 Å². The van der Waals surface area contributed by atoms with Crippen molar-refractivity contribution in [3.8, 4) is 11.8 Å². The van der Waals surface area contributed by atoms with Gasteiger partial charge in [0.25, 0.3) is 10.1 Å². The highest BCUT2D eigenvalue weighted by Crippen LogP contribution is 2.16. The minimum Gasteiger partial charge on any atom is -0.285 e. The lowest BCUT2D eigenvalue weighted by molar-refractivity contribution is 0.482. The fourth-order valence-corrected chi connectivity index (χ4v) is 4.17. The molecule has 0 fully saturated rings. The van der Waals surface area contributed by atoms with Gasteiger partial charge in [0.1, 0.15) is 11.0 Å². The first-order chi connectivity index (χ1) is 8.27. The zero-order valence-electron chi connectivity index (χ0n) is 9.57. The monoisotopic (exact) mass is 288 g/mol. The van der Waals surface area contributed by atoms with Crippen LogP contribution in [-0.4, -0.2) is 32.4 Å². The maximum absolute atomic E-state index is 12.1. The van der Waals surface area contributed by atoms with Crippen LogP contribution in [0.5, 0.6) is 0 Å². The van der Waals surface area contributed by atoms with E-state index < -0.39 is 31.0 Å². The second-order valence-electron chi connectivity index (χ2n) is 3.49. The highest BCUT2D eigenvalue weighted by atomic mass is 32.2. The number of hydrogen-bond donors (Lipinski definition) is 1. The van der Waals surface area contributed by atoms with Crippen molar-refractivity contribution in [2.24, 2.45) is 0 Å². The molecule has 0 radical (unpaired) electrons. The minimum absolute atomic E-state index is 0.0265. The van der Waals surface area contributed by atoms with Crippen LogP contribution >= 0.6 is 0 Å². The molecule has 0 heterocycles. The summed E-state index contributed by atoms with van der Waals surface area (Å²) in [6.07, 6.45) is 0. The van der Waals surface area contributed by atoms with Crippen molar-refractivity contribution < 1.29 is 21.4 Å². The molecule has 1 aromatic carbocycles. The van der Waals surface area contributed by atoms with Crippen LogP contribution in [0.1, 0.15) is 6.92 Å². The molecule has 1 aromatic rings. The van der Waals surface area contributed by atoms with Crippen molar-refractivity contribution in [1.82, 2.24) is 0 Å². The first-order valence-corrected chi connectivity index (χ1v) is 8.09. The van der Waals surface area contributed by atoms with E-state index in [9.17, 15) is 16.8 Å². The molecule has 0 aliphatic heterocycles. The zero-order valence-corrected chi connectivity index (χ0v) is 11.2. The van der Waals surface area contributed by atoms with E-state index in [2.05, 4.69) is 11.8 Å². The molecule has 1 rings (SSSR count). The summed E-state index contributed by atoms with van der Waals surface area (Å²) in [5, 5.41) is -1.47. The second kappa shape index (κ2) is 5.52. The number of benzene rings is 1. The lowest BCUT2D eigenvalue weighted by Gasteiger charge is -2.10. The number of sulfone groups is 1. The fraction of sp³-hybridized carbons (Fsp3) is 0.273. The Balaban J connectivity index is 3.25. The molecule has 0 saturated carbocycles. The van der Waals surface area contributed by atoms with Gasteiger partial charge in [0.2, 0.25) is 0 Å². The maximum atomic E-state index is 12.1. The maximum Gasteiger partial charge on any atom is 0.267 e. The summed E-state index contributed by atoms with van der Waals surface area (Å²) in [6, 6.07) is 7.39. The van der Waals surface area contributed by atoms with Crippen LogP contribution in [-0.2, 0) is 20.0 Å². The molecule has 18 heavy (non-hydrogen) atoms. The Kier molecular flexibility index (Phi) is 4.51. The Hall–Kier alpha value is -1.36. The van der Waals surface area contributed by atoms with Crippen LogP contribution in [0.25, 0.3) is 0 Å². The van der Waals surface area contributed by atoms with Crippen LogP contribution in [0.2, 0.25) is 0 Å². The smallest absolute Gasteiger partial charge is 0.267 e. The highest BCUT2D eigenvalue weighted by molar-refractivity contribution is 7.94. The molecule has 0 aromatic heterocycles. The Morgan fingerprint density at radius 3 is 2.17 bits per heavy atom. The summed E-state index contributed by atoms with van der Waals surface area (Å²) >= 11 is 0. The van der Waals surface area contributed by atoms with E-state index in [0.29, 0.717) is 0 Å². The normalized spacial score (nSPS) is 13.4. The molecule has 1 unspecified atom stereocenters. The van der Waals surface area contributed by atoms with Gasteiger partial charge < -0.3 is 0 Å². The van der Waals surface area contributed by atoms with Gasteiger partial charge in [-0.25, -0.2) is 8.42 Å². The van der Waals surface area contributed by atoms with E-state index in [1.54, 1.807) is 6.07 Å². The van der Waals surface area contributed by atoms with Crippen LogP contribution in [0, 0.1) is 11.8 Å². The second-order valence-corrected chi connectivity index (χ2v) is 7.12. The van der Waals surface area contributed by atoms with Crippen LogP contribution in [0.4, 0.5) is 0 Å². The van der Waals surface area contributed by atoms with Gasteiger partial charge in [0.05, 0.1) is 4.90 Å². The SMILES string of the molecule is CC#CC(CS(=O)(=O)O)S(=O)(=O)c1ccccc1. The highest BCUT2D eigenvalue weighted by Gasteiger charge is 2.29. The van der Waals surface area contributed by atoms with Crippen molar-refractivity contribution in [3.05, 3.63) is 30.3 Å². The van der Waals surface area contributed by atoms with Gasteiger partial charge in [0.15, 0.2) is 9.84 Å². The molecular formula is C11H12O5S2. The van der Waals surface area contributed by atoms with Gasteiger partial charge in [-0.1, -0.05) is 24.1 Å². The molecule has 98 valence electrons. The van der Waals surface area contributed by atoms with E-state index in [1.807, 2.05) is 0 Å². The van der Waals surface area contributed by atoms with Gasteiger partial charge in [-0.15, -0.1) is 5.92 Å². The molecule has 0 bridgehead atoms. The summed E-state index contributed by atoms with van der Waals surface area (Å²) in [5.74, 6) is 3.72. The third kappa shape index (κ3) is 3.84. The third-order valence-corrected chi connectivity index (χ3v) is 5.04. The summed E-state index contributed by atoms with van der Waals surface area (Å²) in [6.45, 7) is 1.40. The van der Waals surface area contributed by atoms with E-state index in [4.69, 9.17) is 4.55 Å². The van der Waals surface area contributed by atoms with Crippen molar-refractivity contribution >= 4 is 20.0 Å². The summed E-state index contributed by atoms with van der Waals surface area (Å²) < 4.78 is 54.6.